The summed E-state index contributed by atoms with van der Waals surface area (Å²) in [5.41, 5.74) is 0.915. The number of rotatable bonds is 1. The molecule has 1 aromatic carbocycles. The molecular formula is C13H10ClNO3. The first-order chi connectivity index (χ1) is 8.63. The highest BCUT2D eigenvalue weighted by Gasteiger charge is 2.29. The third-order valence-corrected chi connectivity index (χ3v) is 3.28. The Morgan fingerprint density at radius 2 is 2.06 bits per heavy atom. The Morgan fingerprint density at radius 1 is 1.22 bits per heavy atom. The maximum Gasteiger partial charge on any atom is 0.336 e. The molecule has 1 aliphatic rings. The first-order valence-corrected chi connectivity index (χ1v) is 6.05. The van der Waals surface area contributed by atoms with E-state index >= 15 is 0 Å². The average Bonchev–Trinajstić information content (AvgIpc) is 2.68. The molecule has 18 heavy (non-hydrogen) atoms. The van der Waals surface area contributed by atoms with Crippen molar-refractivity contribution >= 4 is 34.2 Å². The number of amides is 1. The van der Waals surface area contributed by atoms with Crippen LogP contribution in [0, 0.1) is 0 Å². The summed E-state index contributed by atoms with van der Waals surface area (Å²) in [5, 5.41) is 0.653. The van der Waals surface area contributed by atoms with Crippen LogP contribution in [-0.2, 0) is 4.79 Å². The van der Waals surface area contributed by atoms with Crippen molar-refractivity contribution in [2.45, 2.75) is 11.8 Å². The van der Waals surface area contributed by atoms with E-state index in [0.29, 0.717) is 18.5 Å². The van der Waals surface area contributed by atoms with Gasteiger partial charge in [-0.3, -0.25) is 4.79 Å². The van der Waals surface area contributed by atoms with Gasteiger partial charge in [0.2, 0.25) is 5.91 Å². The molecule has 2 aromatic rings. The summed E-state index contributed by atoms with van der Waals surface area (Å²) in [6, 6.07) is 8.33. The molecule has 1 saturated heterocycles. The molecule has 5 heteroatoms. The number of benzene rings is 1. The van der Waals surface area contributed by atoms with Crippen LogP contribution in [0.4, 0.5) is 5.69 Å². The second-order valence-corrected chi connectivity index (χ2v) is 4.90. The Hall–Kier alpha value is -1.81. The minimum Gasteiger partial charge on any atom is -0.423 e. The number of halogens is 1. The topological polar surface area (TPSA) is 50.5 Å². The van der Waals surface area contributed by atoms with Gasteiger partial charge >= 0.3 is 5.63 Å². The van der Waals surface area contributed by atoms with Crippen molar-refractivity contribution in [3.8, 4) is 0 Å². The second kappa shape index (κ2) is 4.14. The molecule has 1 aromatic heterocycles. The molecule has 3 rings (SSSR count). The Balaban J connectivity index is 2.06. The van der Waals surface area contributed by atoms with Crippen molar-refractivity contribution in [1.29, 1.82) is 0 Å². The van der Waals surface area contributed by atoms with E-state index in [0.717, 1.165) is 11.1 Å². The fraction of sp³-hybridized carbons (Fsp3) is 0.231. The predicted molar refractivity (Wildman–Crippen MR) is 69.1 cm³/mol. The lowest BCUT2D eigenvalue weighted by atomic mass is 10.2. The molecule has 0 saturated carbocycles. The third kappa shape index (κ3) is 1.88. The van der Waals surface area contributed by atoms with Crippen molar-refractivity contribution in [2.75, 3.05) is 11.4 Å². The van der Waals surface area contributed by atoms with Crippen molar-refractivity contribution in [1.82, 2.24) is 0 Å². The molecule has 2 heterocycles. The predicted octanol–water partition coefficient (Wildman–Crippen LogP) is 2.14. The van der Waals surface area contributed by atoms with Crippen LogP contribution in [-0.4, -0.2) is 17.8 Å². The minimum atomic E-state index is -0.381. The number of hydrogen-bond acceptors (Lipinski definition) is 3. The van der Waals surface area contributed by atoms with Crippen LogP contribution in [0.15, 0.2) is 39.5 Å². The molecule has 0 bridgehead atoms. The number of alkyl halides is 1. The van der Waals surface area contributed by atoms with Crippen molar-refractivity contribution in [3.05, 3.63) is 40.8 Å². The Labute approximate surface area is 108 Å². The van der Waals surface area contributed by atoms with Gasteiger partial charge in [-0.25, -0.2) is 4.79 Å². The summed E-state index contributed by atoms with van der Waals surface area (Å²) in [6.07, 6.45) is 0.365. The van der Waals surface area contributed by atoms with Crippen LogP contribution in [0.3, 0.4) is 0 Å². The Morgan fingerprint density at radius 3 is 2.78 bits per heavy atom. The van der Waals surface area contributed by atoms with Gasteiger partial charge in [0.15, 0.2) is 0 Å². The SMILES string of the molecule is O=C1CC(Cl)CN1c1ccc2oc(=O)ccc2c1. The molecule has 0 spiro atoms. The zero-order valence-electron chi connectivity index (χ0n) is 9.43. The van der Waals surface area contributed by atoms with E-state index in [1.54, 1.807) is 23.1 Å². The van der Waals surface area contributed by atoms with Crippen LogP contribution >= 0.6 is 11.6 Å². The Kier molecular flexibility index (Phi) is 2.59. The first-order valence-electron chi connectivity index (χ1n) is 5.62. The van der Waals surface area contributed by atoms with Gasteiger partial charge in [-0.15, -0.1) is 11.6 Å². The summed E-state index contributed by atoms with van der Waals surface area (Å²) in [7, 11) is 0. The van der Waals surface area contributed by atoms with Gasteiger partial charge in [0.25, 0.3) is 0 Å². The quantitative estimate of drug-likeness (QED) is 0.585. The molecule has 1 fully saturated rings. The monoisotopic (exact) mass is 263 g/mol. The standard InChI is InChI=1S/C13H10ClNO3/c14-9-6-12(16)15(7-9)10-2-3-11-8(5-10)1-4-13(17)18-11/h1-5,9H,6-7H2. The van der Waals surface area contributed by atoms with Crippen LogP contribution in [0.1, 0.15) is 6.42 Å². The summed E-state index contributed by atoms with van der Waals surface area (Å²) >= 11 is 5.97. The number of carbonyl (C=O) groups is 1. The van der Waals surface area contributed by atoms with E-state index in [4.69, 9.17) is 16.0 Å². The average molecular weight is 264 g/mol. The fourth-order valence-corrected chi connectivity index (χ4v) is 2.41. The lowest BCUT2D eigenvalue weighted by molar-refractivity contribution is -0.117. The molecular weight excluding hydrogens is 254 g/mol. The van der Waals surface area contributed by atoms with E-state index in [2.05, 4.69) is 0 Å². The highest BCUT2D eigenvalue weighted by molar-refractivity contribution is 6.24. The molecule has 1 atom stereocenters. The van der Waals surface area contributed by atoms with Gasteiger partial charge < -0.3 is 9.32 Å². The number of anilines is 1. The normalized spacial score (nSPS) is 19.7. The van der Waals surface area contributed by atoms with Gasteiger partial charge in [-0.05, 0) is 24.3 Å². The molecule has 0 radical (unpaired) electrons. The summed E-state index contributed by atoms with van der Waals surface area (Å²) < 4.78 is 5.04. The highest BCUT2D eigenvalue weighted by Crippen LogP contribution is 2.26. The van der Waals surface area contributed by atoms with Crippen LogP contribution in [0.5, 0.6) is 0 Å². The summed E-state index contributed by atoms with van der Waals surface area (Å²) in [6.45, 7) is 0.517. The van der Waals surface area contributed by atoms with Crippen molar-refractivity contribution in [2.24, 2.45) is 0 Å². The van der Waals surface area contributed by atoms with E-state index in [-0.39, 0.29) is 16.9 Å². The van der Waals surface area contributed by atoms with Gasteiger partial charge in [-0.2, -0.15) is 0 Å². The molecule has 0 N–H and O–H groups in total. The number of hydrogen-bond donors (Lipinski definition) is 0. The van der Waals surface area contributed by atoms with Gasteiger partial charge in [-0.1, -0.05) is 0 Å². The fourth-order valence-electron chi connectivity index (χ4n) is 2.14. The minimum absolute atomic E-state index is 0.0201. The third-order valence-electron chi connectivity index (χ3n) is 2.99. The molecule has 92 valence electrons. The molecule has 4 nitrogen and oxygen atoms in total. The summed E-state index contributed by atoms with van der Waals surface area (Å²) in [4.78, 5) is 24.5. The maximum atomic E-state index is 11.7. The largest absolute Gasteiger partial charge is 0.423 e. The molecule has 1 unspecified atom stereocenters. The van der Waals surface area contributed by atoms with Crippen molar-refractivity contribution in [3.63, 3.8) is 0 Å². The number of carbonyl (C=O) groups excluding carboxylic acids is 1. The smallest absolute Gasteiger partial charge is 0.336 e. The molecule has 1 amide bonds. The second-order valence-electron chi connectivity index (χ2n) is 4.28. The lowest BCUT2D eigenvalue weighted by Gasteiger charge is -2.16. The van der Waals surface area contributed by atoms with Crippen LogP contribution in [0.25, 0.3) is 11.0 Å². The molecule has 0 aliphatic carbocycles. The number of nitrogens with zero attached hydrogens (tertiary/aromatic N) is 1. The van der Waals surface area contributed by atoms with E-state index in [1.807, 2.05) is 6.07 Å². The van der Waals surface area contributed by atoms with E-state index in [9.17, 15) is 9.59 Å². The number of fused-ring (bicyclic) bond motifs is 1. The highest BCUT2D eigenvalue weighted by atomic mass is 35.5. The van der Waals surface area contributed by atoms with Gasteiger partial charge in [0, 0.05) is 30.1 Å². The van der Waals surface area contributed by atoms with Gasteiger partial charge in [0.1, 0.15) is 5.58 Å². The van der Waals surface area contributed by atoms with Crippen LogP contribution in [0.2, 0.25) is 0 Å². The van der Waals surface area contributed by atoms with E-state index in [1.165, 1.54) is 6.07 Å². The maximum absolute atomic E-state index is 11.7. The Bertz CT molecular complexity index is 679. The summed E-state index contributed by atoms with van der Waals surface area (Å²) in [5.74, 6) is 0.0201. The van der Waals surface area contributed by atoms with E-state index < -0.39 is 0 Å². The first kappa shape index (κ1) is 11.3. The zero-order chi connectivity index (χ0) is 12.7. The molecule has 1 aliphatic heterocycles. The van der Waals surface area contributed by atoms with Gasteiger partial charge in [0.05, 0.1) is 5.38 Å². The lowest BCUT2D eigenvalue weighted by Crippen LogP contribution is -2.24. The van der Waals surface area contributed by atoms with Crippen molar-refractivity contribution < 1.29 is 9.21 Å². The zero-order valence-corrected chi connectivity index (χ0v) is 10.2. The van der Waals surface area contributed by atoms with Crippen LogP contribution < -0.4 is 10.5 Å².